The number of anilines is 9. The van der Waals surface area contributed by atoms with E-state index in [1.165, 1.54) is 49.1 Å². The average molecular weight is 980 g/mol. The van der Waals surface area contributed by atoms with E-state index in [0.717, 1.165) is 95.1 Å². The highest BCUT2D eigenvalue weighted by atomic mass is 16.3. The van der Waals surface area contributed by atoms with Crippen molar-refractivity contribution in [1.29, 1.82) is 0 Å². The maximum atomic E-state index is 7.05. The highest BCUT2D eigenvalue weighted by molar-refractivity contribution is 7.00. The highest BCUT2D eigenvalue weighted by Crippen LogP contribution is 2.49. The molecule has 0 spiro atoms. The smallest absolute Gasteiger partial charge is 0.252 e. The molecule has 0 aliphatic carbocycles. The molecule has 11 aromatic carbocycles. The molecule has 0 N–H and O–H groups in total. The fraction of sp³-hybridized carbons (Fsp3) is 0.114. The molecule has 0 fully saturated rings. The van der Waals surface area contributed by atoms with Gasteiger partial charge in [0.2, 0.25) is 0 Å². The molecule has 0 radical (unpaired) electrons. The van der Waals surface area contributed by atoms with Gasteiger partial charge in [-0.05, 0) is 151 Å². The first-order valence-electron chi connectivity index (χ1n) is 26.6. The van der Waals surface area contributed by atoms with Gasteiger partial charge in [0.05, 0.1) is 5.69 Å². The Morgan fingerprint density at radius 1 is 0.368 bits per heavy atom. The molecule has 364 valence electrons. The maximum Gasteiger partial charge on any atom is 0.252 e. The second-order valence-electron chi connectivity index (χ2n) is 22.9. The molecule has 15 rings (SSSR count). The van der Waals surface area contributed by atoms with Gasteiger partial charge in [-0.15, -0.1) is 0 Å². The van der Waals surface area contributed by atoms with Crippen molar-refractivity contribution < 1.29 is 8.83 Å². The van der Waals surface area contributed by atoms with Crippen LogP contribution in [0.1, 0.15) is 52.7 Å². The van der Waals surface area contributed by atoms with E-state index in [1.807, 2.05) is 6.07 Å². The van der Waals surface area contributed by atoms with E-state index in [4.69, 9.17) is 8.83 Å². The van der Waals surface area contributed by atoms with Crippen molar-refractivity contribution in [3.8, 4) is 0 Å². The molecule has 2 aliphatic heterocycles. The van der Waals surface area contributed by atoms with Gasteiger partial charge in [0.25, 0.3) is 6.71 Å². The Balaban J connectivity index is 1.00. The van der Waals surface area contributed by atoms with Crippen LogP contribution >= 0.6 is 0 Å². The standard InChI is InChI=1S/C70H54BN3O2/c1-69(2,3)45-25-30-47(31-26-45)73-60-18-13-19-61-66(60)71(59-38-36-55-53-16-9-12-21-64(53)76-68(55)67(59)74(61)48-32-27-46(28-33-48)70(4,5)6)58-37-34-51(42-62(58)73)72(50-35-39-65-57(41-50)54-17-10-11-20-63(54)75-65)49-29-24-44-23-22-43-14-7-8-15-52(43)56(44)40-49/h7-42H,1-6H3. The maximum absolute atomic E-state index is 7.05. The lowest BCUT2D eigenvalue weighted by Crippen LogP contribution is -2.61. The number of para-hydroxylation sites is 2. The average Bonchev–Trinajstić information content (AvgIpc) is 4.14. The second-order valence-corrected chi connectivity index (χ2v) is 22.9. The van der Waals surface area contributed by atoms with Gasteiger partial charge in [0.15, 0.2) is 5.58 Å². The fourth-order valence-corrected chi connectivity index (χ4v) is 12.5. The molecule has 0 saturated heterocycles. The van der Waals surface area contributed by atoms with E-state index < -0.39 is 0 Å². The minimum Gasteiger partial charge on any atom is -0.456 e. The third kappa shape index (κ3) is 6.72. The third-order valence-electron chi connectivity index (χ3n) is 16.3. The quantitative estimate of drug-likeness (QED) is 0.127. The topological polar surface area (TPSA) is 36.0 Å². The molecule has 76 heavy (non-hydrogen) atoms. The molecule has 0 bridgehead atoms. The molecular weight excluding hydrogens is 926 g/mol. The molecule has 13 aromatic rings. The molecule has 0 unspecified atom stereocenters. The number of benzene rings is 11. The van der Waals surface area contributed by atoms with Crippen LogP contribution < -0.4 is 31.1 Å². The third-order valence-corrected chi connectivity index (χ3v) is 16.3. The first kappa shape index (κ1) is 44.5. The zero-order valence-electron chi connectivity index (χ0n) is 43.5. The van der Waals surface area contributed by atoms with Gasteiger partial charge in [0, 0.05) is 67.0 Å². The Kier molecular flexibility index (Phi) is 9.51. The monoisotopic (exact) mass is 979 g/mol. The van der Waals surface area contributed by atoms with Gasteiger partial charge >= 0.3 is 0 Å². The summed E-state index contributed by atoms with van der Waals surface area (Å²) in [6, 6.07) is 80.7. The summed E-state index contributed by atoms with van der Waals surface area (Å²) in [5.41, 5.74) is 19.7. The Labute approximate surface area is 442 Å². The summed E-state index contributed by atoms with van der Waals surface area (Å²) in [7, 11) is 0. The summed E-state index contributed by atoms with van der Waals surface area (Å²) in [6.07, 6.45) is 0. The highest BCUT2D eigenvalue weighted by Gasteiger charge is 2.45. The summed E-state index contributed by atoms with van der Waals surface area (Å²) in [6.45, 7) is 13.6. The first-order chi connectivity index (χ1) is 36.9. The van der Waals surface area contributed by atoms with E-state index in [9.17, 15) is 0 Å². The number of furan rings is 2. The molecular formula is C70H54BN3O2. The van der Waals surface area contributed by atoms with Crippen molar-refractivity contribution in [2.45, 2.75) is 52.4 Å². The minimum atomic E-state index is -0.118. The van der Waals surface area contributed by atoms with E-state index in [0.29, 0.717) is 0 Å². The van der Waals surface area contributed by atoms with Gasteiger partial charge in [-0.3, -0.25) is 0 Å². The van der Waals surface area contributed by atoms with Crippen LogP contribution in [0.5, 0.6) is 0 Å². The molecule has 0 saturated carbocycles. The number of rotatable bonds is 5. The Morgan fingerprint density at radius 3 is 1.58 bits per heavy atom. The lowest BCUT2D eigenvalue weighted by molar-refractivity contribution is 0.590. The van der Waals surface area contributed by atoms with Crippen molar-refractivity contribution in [1.82, 2.24) is 0 Å². The fourth-order valence-electron chi connectivity index (χ4n) is 12.5. The molecule has 2 aliphatic rings. The van der Waals surface area contributed by atoms with Crippen molar-refractivity contribution in [3.63, 3.8) is 0 Å². The Hall–Kier alpha value is -9.00. The summed E-state index contributed by atoms with van der Waals surface area (Å²) in [4.78, 5) is 7.43. The van der Waals surface area contributed by atoms with E-state index >= 15 is 0 Å². The van der Waals surface area contributed by atoms with Gasteiger partial charge in [-0.2, -0.15) is 0 Å². The number of hydrogen-bond donors (Lipinski definition) is 0. The zero-order valence-corrected chi connectivity index (χ0v) is 43.5. The number of nitrogens with zero attached hydrogens (tertiary/aromatic N) is 3. The van der Waals surface area contributed by atoms with Gasteiger partial charge < -0.3 is 23.5 Å². The van der Waals surface area contributed by atoms with Crippen molar-refractivity contribution >= 4 is 140 Å². The van der Waals surface area contributed by atoms with Crippen LogP contribution in [-0.4, -0.2) is 6.71 Å². The molecule has 5 nitrogen and oxygen atoms in total. The van der Waals surface area contributed by atoms with Gasteiger partial charge in [0.1, 0.15) is 16.7 Å². The summed E-state index contributed by atoms with van der Waals surface area (Å²) in [5.74, 6) is 0. The normalized spacial score (nSPS) is 13.3. The molecule has 0 amide bonds. The van der Waals surface area contributed by atoms with Crippen molar-refractivity contribution in [3.05, 3.63) is 230 Å². The van der Waals surface area contributed by atoms with Gasteiger partial charge in [-0.1, -0.05) is 169 Å². The van der Waals surface area contributed by atoms with E-state index in [2.05, 4.69) is 269 Å². The number of fused-ring (bicyclic) bond motifs is 14. The zero-order chi connectivity index (χ0) is 51.2. The minimum absolute atomic E-state index is 0.00554. The predicted molar refractivity (Wildman–Crippen MR) is 322 cm³/mol. The molecule has 2 aromatic heterocycles. The molecule has 6 heteroatoms. The molecule has 0 atom stereocenters. The molecule has 4 heterocycles. The first-order valence-corrected chi connectivity index (χ1v) is 26.6. The van der Waals surface area contributed by atoms with Gasteiger partial charge in [-0.25, -0.2) is 0 Å². The van der Waals surface area contributed by atoms with Crippen molar-refractivity contribution in [2.75, 3.05) is 14.7 Å². The van der Waals surface area contributed by atoms with Crippen LogP contribution in [0, 0.1) is 0 Å². The van der Waals surface area contributed by atoms with E-state index in [1.54, 1.807) is 0 Å². The summed E-state index contributed by atoms with van der Waals surface area (Å²) < 4.78 is 13.5. The lowest BCUT2D eigenvalue weighted by atomic mass is 9.33. The van der Waals surface area contributed by atoms with Crippen LogP contribution in [0.25, 0.3) is 65.4 Å². The van der Waals surface area contributed by atoms with Crippen LogP contribution in [0.15, 0.2) is 227 Å². The van der Waals surface area contributed by atoms with E-state index in [-0.39, 0.29) is 17.5 Å². The van der Waals surface area contributed by atoms with Crippen LogP contribution in [0.2, 0.25) is 0 Å². The summed E-state index contributed by atoms with van der Waals surface area (Å²) >= 11 is 0. The van der Waals surface area contributed by atoms with Crippen molar-refractivity contribution in [2.24, 2.45) is 0 Å². The predicted octanol–water partition coefficient (Wildman–Crippen LogP) is 17.9. The number of hydrogen-bond acceptors (Lipinski definition) is 5. The summed E-state index contributed by atoms with van der Waals surface area (Å²) in [5, 5.41) is 9.27. The largest absolute Gasteiger partial charge is 0.456 e. The Bertz CT molecular complexity index is 4520. The second kappa shape index (κ2) is 16.3. The SMILES string of the molecule is CC(C)(C)c1ccc(N2c3cc(N(c4ccc5ccc6ccccc6c5c4)c4ccc5oc6ccccc6c5c4)ccc3B3c4ccc5c(oc6ccccc65)c4N(c4ccc(C(C)(C)C)cc4)c4cccc2c43)cc1. The Morgan fingerprint density at radius 2 is 0.882 bits per heavy atom. The van der Waals surface area contributed by atoms with Crippen LogP contribution in [0.4, 0.5) is 51.2 Å². The van der Waals surface area contributed by atoms with Crippen LogP contribution in [0.3, 0.4) is 0 Å². The lowest BCUT2D eigenvalue weighted by Gasteiger charge is -2.44. The van der Waals surface area contributed by atoms with Crippen LogP contribution in [-0.2, 0) is 10.8 Å².